The largest absolute Gasteiger partial charge is 0.383 e. The lowest BCUT2D eigenvalue weighted by atomic mass is 10.1. The van der Waals surface area contributed by atoms with Crippen molar-refractivity contribution in [2.45, 2.75) is 32.2 Å². The van der Waals surface area contributed by atoms with Crippen LogP contribution >= 0.6 is 31.9 Å². The maximum Gasteiger partial charge on any atom is 0.131 e. The molecule has 1 aromatic carbocycles. The predicted molar refractivity (Wildman–Crippen MR) is 85.1 cm³/mol. The highest BCUT2D eigenvalue weighted by Crippen LogP contribution is 2.41. The van der Waals surface area contributed by atoms with Crippen molar-refractivity contribution in [3.8, 4) is 11.3 Å². The Morgan fingerprint density at radius 1 is 1.32 bits per heavy atom. The van der Waals surface area contributed by atoms with E-state index in [1.807, 2.05) is 12.1 Å². The van der Waals surface area contributed by atoms with E-state index >= 15 is 0 Å². The SMILES string of the molecule is CCc1nc(-c2ccc(Br)c(Br)c2)c(N)n1C1CC1. The highest BCUT2D eigenvalue weighted by Gasteiger charge is 2.29. The molecule has 1 aromatic heterocycles. The number of imidazole rings is 1. The normalized spacial score (nSPS) is 14.9. The molecule has 2 aromatic rings. The van der Waals surface area contributed by atoms with Gasteiger partial charge in [-0.2, -0.15) is 0 Å². The molecule has 1 saturated carbocycles. The molecule has 0 spiro atoms. The zero-order valence-corrected chi connectivity index (χ0v) is 13.8. The molecule has 0 saturated heterocycles. The van der Waals surface area contributed by atoms with Gasteiger partial charge in [0, 0.05) is 27.0 Å². The van der Waals surface area contributed by atoms with Gasteiger partial charge in [-0.25, -0.2) is 4.98 Å². The number of aryl methyl sites for hydroxylation is 1. The summed E-state index contributed by atoms with van der Waals surface area (Å²) in [5.74, 6) is 1.89. The van der Waals surface area contributed by atoms with Gasteiger partial charge in [0.05, 0.1) is 0 Å². The standard InChI is InChI=1S/C14H15Br2N3/c1-2-12-18-13(14(17)19(12)9-4-5-9)8-3-6-10(15)11(16)7-8/h3,6-7,9H,2,4-5,17H2,1H3. The Morgan fingerprint density at radius 2 is 2.05 bits per heavy atom. The van der Waals surface area contributed by atoms with E-state index in [0.29, 0.717) is 6.04 Å². The molecule has 1 heterocycles. The van der Waals surface area contributed by atoms with E-state index in [1.165, 1.54) is 12.8 Å². The molecule has 0 bridgehead atoms. The molecule has 3 nitrogen and oxygen atoms in total. The molecule has 3 rings (SSSR count). The molecule has 0 amide bonds. The Morgan fingerprint density at radius 3 is 2.63 bits per heavy atom. The van der Waals surface area contributed by atoms with Gasteiger partial charge in [0.25, 0.3) is 0 Å². The smallest absolute Gasteiger partial charge is 0.131 e. The van der Waals surface area contributed by atoms with Gasteiger partial charge in [-0.3, -0.25) is 0 Å². The lowest BCUT2D eigenvalue weighted by molar-refractivity contribution is 0.696. The number of benzene rings is 1. The van der Waals surface area contributed by atoms with Crippen LogP contribution in [0.3, 0.4) is 0 Å². The van der Waals surface area contributed by atoms with Crippen LogP contribution in [0.1, 0.15) is 31.6 Å². The van der Waals surface area contributed by atoms with Crippen molar-refractivity contribution >= 4 is 37.7 Å². The van der Waals surface area contributed by atoms with E-state index in [2.05, 4.69) is 49.4 Å². The molecular weight excluding hydrogens is 370 g/mol. The second-order valence-electron chi connectivity index (χ2n) is 4.85. The van der Waals surface area contributed by atoms with Crippen LogP contribution in [-0.4, -0.2) is 9.55 Å². The van der Waals surface area contributed by atoms with Crippen molar-refractivity contribution < 1.29 is 0 Å². The van der Waals surface area contributed by atoms with Crippen molar-refractivity contribution in [1.29, 1.82) is 0 Å². The van der Waals surface area contributed by atoms with E-state index in [9.17, 15) is 0 Å². The molecule has 100 valence electrons. The first-order valence-electron chi connectivity index (χ1n) is 6.43. The van der Waals surface area contributed by atoms with Gasteiger partial charge in [0.1, 0.15) is 17.3 Å². The van der Waals surface area contributed by atoms with Crippen LogP contribution in [0.15, 0.2) is 27.1 Å². The Balaban J connectivity index is 2.11. The van der Waals surface area contributed by atoms with Crippen molar-refractivity contribution in [2.75, 3.05) is 5.73 Å². The van der Waals surface area contributed by atoms with Gasteiger partial charge in [-0.15, -0.1) is 0 Å². The van der Waals surface area contributed by atoms with Crippen LogP contribution < -0.4 is 5.73 Å². The van der Waals surface area contributed by atoms with Crippen LogP contribution in [0.4, 0.5) is 5.82 Å². The summed E-state index contributed by atoms with van der Waals surface area (Å²) in [7, 11) is 0. The maximum atomic E-state index is 6.31. The first-order chi connectivity index (χ1) is 9.11. The third-order valence-electron chi connectivity index (χ3n) is 3.44. The molecule has 0 unspecified atom stereocenters. The second-order valence-corrected chi connectivity index (χ2v) is 6.55. The third-order valence-corrected chi connectivity index (χ3v) is 5.32. The van der Waals surface area contributed by atoms with Crippen molar-refractivity contribution in [2.24, 2.45) is 0 Å². The average Bonchev–Trinajstić information content (AvgIpc) is 3.17. The van der Waals surface area contributed by atoms with Gasteiger partial charge >= 0.3 is 0 Å². The zero-order chi connectivity index (χ0) is 13.6. The second kappa shape index (κ2) is 4.94. The summed E-state index contributed by atoms with van der Waals surface area (Å²) >= 11 is 7.01. The number of aromatic nitrogens is 2. The lowest BCUT2D eigenvalue weighted by Gasteiger charge is -2.06. The highest BCUT2D eigenvalue weighted by atomic mass is 79.9. The Kier molecular flexibility index (Phi) is 3.43. The summed E-state index contributed by atoms with van der Waals surface area (Å²) in [4.78, 5) is 4.73. The van der Waals surface area contributed by atoms with Crippen LogP contribution in [0.2, 0.25) is 0 Å². The fraction of sp³-hybridized carbons (Fsp3) is 0.357. The van der Waals surface area contributed by atoms with Crippen molar-refractivity contribution in [1.82, 2.24) is 9.55 Å². The number of halogens is 2. The fourth-order valence-corrected chi connectivity index (χ4v) is 2.96. The van der Waals surface area contributed by atoms with Crippen LogP contribution in [0, 0.1) is 0 Å². The van der Waals surface area contributed by atoms with Gasteiger partial charge in [0.2, 0.25) is 0 Å². The van der Waals surface area contributed by atoms with E-state index in [0.717, 1.165) is 38.3 Å². The van der Waals surface area contributed by atoms with Crippen molar-refractivity contribution in [3.05, 3.63) is 33.0 Å². The molecule has 1 aliphatic rings. The van der Waals surface area contributed by atoms with Crippen LogP contribution in [-0.2, 0) is 6.42 Å². The van der Waals surface area contributed by atoms with Gasteiger partial charge in [0.15, 0.2) is 0 Å². The summed E-state index contributed by atoms with van der Waals surface area (Å²) in [5.41, 5.74) is 8.27. The van der Waals surface area contributed by atoms with E-state index in [1.54, 1.807) is 0 Å². The molecule has 0 radical (unpaired) electrons. The highest BCUT2D eigenvalue weighted by molar-refractivity contribution is 9.13. The van der Waals surface area contributed by atoms with Gasteiger partial charge in [-0.05, 0) is 56.8 Å². The minimum absolute atomic E-state index is 0.565. The quantitative estimate of drug-likeness (QED) is 0.843. The Bertz CT molecular complexity index is 630. The van der Waals surface area contributed by atoms with E-state index in [-0.39, 0.29) is 0 Å². The summed E-state index contributed by atoms with van der Waals surface area (Å²) in [6.07, 6.45) is 3.35. The summed E-state index contributed by atoms with van der Waals surface area (Å²) < 4.78 is 4.27. The summed E-state index contributed by atoms with van der Waals surface area (Å²) in [5, 5.41) is 0. The van der Waals surface area contributed by atoms with Gasteiger partial charge in [-0.1, -0.05) is 13.0 Å². The molecular formula is C14H15Br2N3. The maximum absolute atomic E-state index is 6.31. The predicted octanol–water partition coefficient (Wildman–Crippen LogP) is 4.55. The monoisotopic (exact) mass is 383 g/mol. The summed E-state index contributed by atoms with van der Waals surface area (Å²) in [6, 6.07) is 6.68. The molecule has 19 heavy (non-hydrogen) atoms. The minimum atomic E-state index is 0.565. The topological polar surface area (TPSA) is 43.8 Å². The number of nitrogen functional groups attached to an aromatic ring is 1. The molecule has 0 atom stereocenters. The number of anilines is 1. The van der Waals surface area contributed by atoms with Crippen molar-refractivity contribution in [3.63, 3.8) is 0 Å². The minimum Gasteiger partial charge on any atom is -0.383 e. The van der Waals surface area contributed by atoms with Crippen LogP contribution in [0.5, 0.6) is 0 Å². The Labute approximate surface area is 129 Å². The van der Waals surface area contributed by atoms with E-state index in [4.69, 9.17) is 10.7 Å². The molecule has 5 heteroatoms. The van der Waals surface area contributed by atoms with E-state index < -0.39 is 0 Å². The number of hydrogen-bond donors (Lipinski definition) is 1. The molecule has 1 aliphatic carbocycles. The number of hydrogen-bond acceptors (Lipinski definition) is 2. The molecule has 1 fully saturated rings. The number of rotatable bonds is 3. The average molecular weight is 385 g/mol. The van der Waals surface area contributed by atoms with Gasteiger partial charge < -0.3 is 10.3 Å². The number of nitrogens with zero attached hydrogens (tertiary/aromatic N) is 2. The number of nitrogens with two attached hydrogens (primary N) is 1. The first-order valence-corrected chi connectivity index (χ1v) is 8.02. The zero-order valence-electron chi connectivity index (χ0n) is 10.7. The first kappa shape index (κ1) is 13.2. The van der Waals surface area contributed by atoms with Crippen LogP contribution in [0.25, 0.3) is 11.3 Å². The third kappa shape index (κ3) is 2.34. The molecule has 2 N–H and O–H groups in total. The summed E-state index contributed by atoms with van der Waals surface area (Å²) in [6.45, 7) is 2.13. The fourth-order valence-electron chi connectivity index (χ4n) is 2.34. The Hall–Kier alpha value is -0.810. The molecule has 0 aliphatic heterocycles. The lowest BCUT2D eigenvalue weighted by Crippen LogP contribution is -2.04.